The number of carboxylic acid groups (broad SMARTS) is 1. The highest BCUT2D eigenvalue weighted by Crippen LogP contribution is 2.20. The van der Waals surface area contributed by atoms with Gasteiger partial charge >= 0.3 is 11.9 Å². The average Bonchev–Trinajstić information content (AvgIpc) is 1.86. The van der Waals surface area contributed by atoms with Crippen molar-refractivity contribution < 1.29 is 23.5 Å². The molecule has 0 aromatic heterocycles. The van der Waals surface area contributed by atoms with Gasteiger partial charge in [0.05, 0.1) is 0 Å². The highest BCUT2D eigenvalue weighted by atomic mass is 19.3. The third-order valence-corrected chi connectivity index (χ3v) is 1.16. The van der Waals surface area contributed by atoms with Crippen molar-refractivity contribution in [3.63, 3.8) is 0 Å². The Morgan fingerprint density at radius 2 is 1.91 bits per heavy atom. The van der Waals surface area contributed by atoms with Crippen molar-refractivity contribution in [2.75, 3.05) is 0 Å². The molecule has 0 aliphatic rings. The molecule has 0 aromatic carbocycles. The molecule has 0 atom stereocenters. The van der Waals surface area contributed by atoms with E-state index in [-0.39, 0.29) is 0 Å². The zero-order valence-corrected chi connectivity index (χ0v) is 5.93. The van der Waals surface area contributed by atoms with E-state index in [0.29, 0.717) is 0 Å². The Labute approximate surface area is 62.0 Å². The summed E-state index contributed by atoms with van der Waals surface area (Å²) in [5, 5.41) is 7.99. The molecule has 0 rings (SSSR count). The van der Waals surface area contributed by atoms with E-state index in [0.717, 1.165) is 6.92 Å². The van der Waals surface area contributed by atoms with Gasteiger partial charge in [-0.15, -0.1) is 0 Å². The van der Waals surface area contributed by atoms with Crippen molar-refractivity contribution in [3.05, 3.63) is 0 Å². The average molecular weight is 166 g/mol. The predicted molar refractivity (Wildman–Crippen MR) is 32.5 cm³/mol. The number of halogens is 2. The van der Waals surface area contributed by atoms with Crippen molar-refractivity contribution in [2.45, 2.75) is 25.7 Å². The summed E-state index contributed by atoms with van der Waals surface area (Å²) in [5.41, 5.74) is 0. The Balaban J connectivity index is 4.13. The van der Waals surface area contributed by atoms with E-state index in [1.165, 1.54) is 0 Å². The summed E-state index contributed by atoms with van der Waals surface area (Å²) in [6.45, 7) is 1.12. The predicted octanol–water partition coefficient (Wildman–Crippen LogP) is 1.08. The van der Waals surface area contributed by atoms with Crippen LogP contribution in [-0.2, 0) is 9.59 Å². The first-order valence-electron chi connectivity index (χ1n) is 3.03. The van der Waals surface area contributed by atoms with Crippen LogP contribution in [0.15, 0.2) is 0 Å². The van der Waals surface area contributed by atoms with Crippen LogP contribution in [0.5, 0.6) is 0 Å². The molecule has 0 fully saturated rings. The molecular weight excluding hydrogens is 158 g/mol. The minimum atomic E-state index is -3.49. The monoisotopic (exact) mass is 166 g/mol. The fourth-order valence-corrected chi connectivity index (χ4v) is 0.464. The summed E-state index contributed by atoms with van der Waals surface area (Å²) >= 11 is 0. The second-order valence-electron chi connectivity index (χ2n) is 2.05. The van der Waals surface area contributed by atoms with E-state index in [9.17, 15) is 18.4 Å². The maximum Gasteiger partial charge on any atom is 0.311 e. The number of ketones is 1. The number of alkyl halides is 2. The van der Waals surface area contributed by atoms with E-state index in [1.54, 1.807) is 0 Å². The molecule has 1 N–H and O–H groups in total. The molecule has 5 heteroatoms. The van der Waals surface area contributed by atoms with Gasteiger partial charge in [-0.3, -0.25) is 9.59 Å². The van der Waals surface area contributed by atoms with E-state index in [2.05, 4.69) is 0 Å². The maximum absolute atomic E-state index is 12.3. The second kappa shape index (κ2) is 3.41. The SMILES string of the molecule is CCC(F)(F)C(=O)CC(=O)O. The van der Waals surface area contributed by atoms with Crippen molar-refractivity contribution in [1.82, 2.24) is 0 Å². The van der Waals surface area contributed by atoms with E-state index >= 15 is 0 Å². The smallest absolute Gasteiger partial charge is 0.311 e. The van der Waals surface area contributed by atoms with Gasteiger partial charge in [-0.2, -0.15) is 8.78 Å². The van der Waals surface area contributed by atoms with Crippen LogP contribution in [0.3, 0.4) is 0 Å². The fraction of sp³-hybridized carbons (Fsp3) is 0.667. The van der Waals surface area contributed by atoms with E-state index in [4.69, 9.17) is 5.11 Å². The third-order valence-electron chi connectivity index (χ3n) is 1.16. The van der Waals surface area contributed by atoms with Crippen molar-refractivity contribution in [2.24, 2.45) is 0 Å². The summed E-state index contributed by atoms with van der Waals surface area (Å²) < 4.78 is 24.6. The van der Waals surface area contributed by atoms with E-state index < -0.39 is 30.5 Å². The quantitative estimate of drug-likeness (QED) is 0.635. The second-order valence-corrected chi connectivity index (χ2v) is 2.05. The normalized spacial score (nSPS) is 11.2. The molecule has 0 aliphatic carbocycles. The van der Waals surface area contributed by atoms with Gasteiger partial charge in [0.2, 0.25) is 5.78 Å². The molecule has 0 saturated heterocycles. The number of carbonyl (C=O) groups is 2. The van der Waals surface area contributed by atoms with E-state index in [1.807, 2.05) is 0 Å². The Hall–Kier alpha value is -1.00. The molecule has 0 aliphatic heterocycles. The highest BCUT2D eigenvalue weighted by Gasteiger charge is 2.36. The lowest BCUT2D eigenvalue weighted by Gasteiger charge is -2.09. The van der Waals surface area contributed by atoms with Crippen LogP contribution in [0.25, 0.3) is 0 Å². The lowest BCUT2D eigenvalue weighted by atomic mass is 10.1. The number of hydrogen-bond acceptors (Lipinski definition) is 2. The highest BCUT2D eigenvalue weighted by molar-refractivity contribution is 5.98. The van der Waals surface area contributed by atoms with Crippen molar-refractivity contribution in [3.8, 4) is 0 Å². The summed E-state index contributed by atoms with van der Waals surface area (Å²) in [6.07, 6.45) is -1.76. The number of carboxylic acids is 1. The fourth-order valence-electron chi connectivity index (χ4n) is 0.464. The molecule has 3 nitrogen and oxygen atoms in total. The minimum Gasteiger partial charge on any atom is -0.481 e. The molecule has 0 radical (unpaired) electrons. The van der Waals surface area contributed by atoms with Gasteiger partial charge in [-0.05, 0) is 0 Å². The zero-order valence-electron chi connectivity index (χ0n) is 5.93. The first-order valence-corrected chi connectivity index (χ1v) is 3.03. The van der Waals surface area contributed by atoms with Crippen LogP contribution in [0.4, 0.5) is 8.78 Å². The number of hydrogen-bond donors (Lipinski definition) is 1. The topological polar surface area (TPSA) is 54.4 Å². The molecule has 0 unspecified atom stereocenters. The molecule has 0 amide bonds. The number of aliphatic carboxylic acids is 1. The Kier molecular flexibility index (Phi) is 3.10. The van der Waals surface area contributed by atoms with Crippen LogP contribution < -0.4 is 0 Å². The maximum atomic E-state index is 12.3. The van der Waals surface area contributed by atoms with Crippen LogP contribution in [0.1, 0.15) is 19.8 Å². The van der Waals surface area contributed by atoms with Crippen LogP contribution >= 0.6 is 0 Å². The first-order chi connectivity index (χ1) is 4.90. The lowest BCUT2D eigenvalue weighted by Crippen LogP contribution is -2.29. The Morgan fingerprint density at radius 3 is 2.18 bits per heavy atom. The molecule has 0 saturated carbocycles. The van der Waals surface area contributed by atoms with Gasteiger partial charge in [0.25, 0.3) is 0 Å². The van der Waals surface area contributed by atoms with Crippen molar-refractivity contribution in [1.29, 1.82) is 0 Å². The molecule has 64 valence electrons. The number of rotatable bonds is 4. The molecule has 0 bridgehead atoms. The molecule has 0 heterocycles. The first kappa shape index (κ1) is 10.0. The summed E-state index contributed by atoms with van der Waals surface area (Å²) in [6, 6.07) is 0. The Morgan fingerprint density at radius 1 is 1.45 bits per heavy atom. The summed E-state index contributed by atoms with van der Waals surface area (Å²) in [5.74, 6) is -6.55. The molecule has 0 spiro atoms. The summed E-state index contributed by atoms with van der Waals surface area (Å²) in [4.78, 5) is 20.2. The van der Waals surface area contributed by atoms with Gasteiger partial charge in [-0.1, -0.05) is 6.92 Å². The van der Waals surface area contributed by atoms with Gasteiger partial charge in [0.15, 0.2) is 0 Å². The van der Waals surface area contributed by atoms with Gasteiger partial charge in [0, 0.05) is 6.42 Å². The third kappa shape index (κ3) is 3.06. The van der Waals surface area contributed by atoms with Gasteiger partial charge in [-0.25, -0.2) is 0 Å². The van der Waals surface area contributed by atoms with Gasteiger partial charge < -0.3 is 5.11 Å². The molecular formula is C6H8F2O3. The standard InChI is InChI=1S/C6H8F2O3/c1-2-6(7,8)4(9)3-5(10)11/h2-3H2,1H3,(H,10,11). The minimum absolute atomic E-state index is 0.654. The largest absolute Gasteiger partial charge is 0.481 e. The van der Waals surface area contributed by atoms with Crippen LogP contribution in [0, 0.1) is 0 Å². The Bertz CT molecular complexity index is 177. The number of Topliss-reactive ketones (excluding diaryl/α,β-unsaturated/α-hetero) is 1. The zero-order chi connectivity index (χ0) is 9.07. The summed E-state index contributed by atoms with van der Waals surface area (Å²) in [7, 11) is 0. The molecule has 11 heavy (non-hydrogen) atoms. The van der Waals surface area contributed by atoms with Crippen LogP contribution in [0.2, 0.25) is 0 Å². The number of carbonyl (C=O) groups excluding carboxylic acids is 1. The molecule has 0 aromatic rings. The van der Waals surface area contributed by atoms with Crippen molar-refractivity contribution >= 4 is 11.8 Å². The van der Waals surface area contributed by atoms with Gasteiger partial charge in [0.1, 0.15) is 6.42 Å². The van der Waals surface area contributed by atoms with Crippen LogP contribution in [-0.4, -0.2) is 22.8 Å². The lowest BCUT2D eigenvalue weighted by molar-refractivity contribution is -0.151.